The van der Waals surface area contributed by atoms with Crippen LogP contribution in [0.3, 0.4) is 0 Å². The fourth-order valence-corrected chi connectivity index (χ4v) is 3.30. The number of aromatic nitrogens is 1. The molecule has 3 nitrogen and oxygen atoms in total. The Morgan fingerprint density at radius 3 is 2.42 bits per heavy atom. The fraction of sp³-hybridized carbons (Fsp3) is 0.238. The van der Waals surface area contributed by atoms with Crippen LogP contribution in [0.4, 0.5) is 5.82 Å². The highest BCUT2D eigenvalue weighted by atomic mass is 14.9. The van der Waals surface area contributed by atoms with Gasteiger partial charge in [0.2, 0.25) is 0 Å². The number of hydrogen-bond donors (Lipinski definition) is 3. The number of H-pyrrole nitrogens is 1. The highest BCUT2D eigenvalue weighted by Gasteiger charge is 2.17. The molecule has 0 aliphatic rings. The number of nitrogens with two attached hydrogens (primary N) is 1. The molecular weight excluding hydrogens is 294 g/mol. The molecule has 0 atom stereocenters. The van der Waals surface area contributed by atoms with Gasteiger partial charge in [-0.1, -0.05) is 47.5 Å². The van der Waals surface area contributed by atoms with E-state index in [9.17, 15) is 0 Å². The minimum Gasteiger partial charge on any atom is -0.388 e. The monoisotopic (exact) mass is 319 g/mol. The fourth-order valence-electron chi connectivity index (χ4n) is 3.30. The Labute approximate surface area is 143 Å². The van der Waals surface area contributed by atoms with E-state index in [-0.39, 0.29) is 0 Å². The second-order valence-corrected chi connectivity index (χ2v) is 6.54. The number of aryl methyl sites for hydroxylation is 1. The summed E-state index contributed by atoms with van der Waals surface area (Å²) in [5.74, 6) is 0.715. The van der Waals surface area contributed by atoms with E-state index < -0.39 is 0 Å². The van der Waals surface area contributed by atoms with E-state index in [0.29, 0.717) is 5.82 Å². The van der Waals surface area contributed by atoms with E-state index in [2.05, 4.69) is 73.5 Å². The van der Waals surface area contributed by atoms with Crippen LogP contribution >= 0.6 is 0 Å². The average molecular weight is 319 g/mol. The van der Waals surface area contributed by atoms with Gasteiger partial charge in [-0.3, -0.25) is 0 Å². The van der Waals surface area contributed by atoms with Gasteiger partial charge in [-0.2, -0.15) is 0 Å². The first-order valence-corrected chi connectivity index (χ1v) is 8.31. The molecule has 0 saturated carbocycles. The van der Waals surface area contributed by atoms with Gasteiger partial charge in [0.1, 0.15) is 5.82 Å². The standard InChI is InChI=1S/C21H25N3/c1-13(2)20(23-4)19-18-16(6-5-7-17(18)24-21(19)22)12-15-10-8-14(3)9-11-15/h5-11,23-24H,12,22H2,1-4H3. The van der Waals surface area contributed by atoms with Crippen LogP contribution in [-0.2, 0) is 6.42 Å². The molecule has 1 heterocycles. The molecule has 0 spiro atoms. The molecule has 0 unspecified atom stereocenters. The van der Waals surface area contributed by atoms with Gasteiger partial charge < -0.3 is 16.0 Å². The molecule has 0 fully saturated rings. The summed E-state index contributed by atoms with van der Waals surface area (Å²) < 4.78 is 0. The molecule has 4 N–H and O–H groups in total. The lowest BCUT2D eigenvalue weighted by atomic mass is 9.96. The van der Waals surface area contributed by atoms with E-state index in [1.807, 2.05) is 7.05 Å². The number of nitrogens with one attached hydrogen (secondary N) is 2. The van der Waals surface area contributed by atoms with Gasteiger partial charge in [0.05, 0.1) is 0 Å². The van der Waals surface area contributed by atoms with Gasteiger partial charge in [0.25, 0.3) is 0 Å². The topological polar surface area (TPSA) is 53.8 Å². The van der Waals surface area contributed by atoms with Crippen molar-refractivity contribution >= 4 is 22.4 Å². The zero-order valence-electron chi connectivity index (χ0n) is 14.8. The Bertz CT molecular complexity index is 895. The molecule has 3 heteroatoms. The van der Waals surface area contributed by atoms with Crippen LogP contribution in [-0.4, -0.2) is 12.0 Å². The summed E-state index contributed by atoms with van der Waals surface area (Å²) in [4.78, 5) is 3.34. The van der Waals surface area contributed by atoms with Crippen LogP contribution in [0.5, 0.6) is 0 Å². The molecule has 0 saturated heterocycles. The van der Waals surface area contributed by atoms with Crippen LogP contribution < -0.4 is 11.1 Å². The van der Waals surface area contributed by atoms with Crippen LogP contribution in [0.15, 0.2) is 48.0 Å². The van der Waals surface area contributed by atoms with E-state index in [0.717, 1.165) is 23.2 Å². The molecule has 124 valence electrons. The van der Waals surface area contributed by atoms with E-state index >= 15 is 0 Å². The Morgan fingerprint density at radius 2 is 1.79 bits per heavy atom. The molecule has 24 heavy (non-hydrogen) atoms. The molecule has 0 radical (unpaired) electrons. The van der Waals surface area contributed by atoms with E-state index in [1.54, 1.807) is 0 Å². The summed E-state index contributed by atoms with van der Waals surface area (Å²) in [6, 6.07) is 15.1. The summed E-state index contributed by atoms with van der Waals surface area (Å²) in [7, 11) is 1.95. The molecular formula is C21H25N3. The smallest absolute Gasteiger partial charge is 0.111 e. The van der Waals surface area contributed by atoms with Crippen molar-refractivity contribution in [1.29, 1.82) is 0 Å². The largest absolute Gasteiger partial charge is 0.388 e. The number of fused-ring (bicyclic) bond motifs is 1. The van der Waals surface area contributed by atoms with Crippen molar-refractivity contribution in [3.63, 3.8) is 0 Å². The Hall–Kier alpha value is -2.68. The number of aromatic amines is 1. The molecule has 0 aliphatic heterocycles. The lowest BCUT2D eigenvalue weighted by molar-refractivity contribution is 1.10. The van der Waals surface area contributed by atoms with Gasteiger partial charge in [0.15, 0.2) is 0 Å². The maximum atomic E-state index is 6.32. The van der Waals surface area contributed by atoms with Gasteiger partial charge in [-0.25, -0.2) is 0 Å². The molecule has 3 rings (SSSR count). The van der Waals surface area contributed by atoms with Gasteiger partial charge in [0, 0.05) is 29.2 Å². The normalized spacial score (nSPS) is 10.8. The van der Waals surface area contributed by atoms with Crippen molar-refractivity contribution in [3.8, 4) is 0 Å². The van der Waals surface area contributed by atoms with Crippen LogP contribution in [0.1, 0.15) is 36.1 Å². The van der Waals surface area contributed by atoms with Crippen molar-refractivity contribution in [2.24, 2.45) is 0 Å². The van der Waals surface area contributed by atoms with Crippen molar-refractivity contribution in [3.05, 3.63) is 70.3 Å². The number of benzene rings is 2. The highest BCUT2D eigenvalue weighted by molar-refractivity contribution is 6.00. The maximum absolute atomic E-state index is 6.32. The first kappa shape index (κ1) is 16.2. The quantitative estimate of drug-likeness (QED) is 0.657. The lowest BCUT2D eigenvalue weighted by Gasteiger charge is -2.12. The van der Waals surface area contributed by atoms with Crippen molar-refractivity contribution in [2.75, 3.05) is 12.8 Å². The second kappa shape index (κ2) is 6.44. The third-order valence-electron chi connectivity index (χ3n) is 4.45. The van der Waals surface area contributed by atoms with Crippen LogP contribution in [0, 0.1) is 6.92 Å². The van der Waals surface area contributed by atoms with Crippen LogP contribution in [0.2, 0.25) is 0 Å². The molecule has 0 amide bonds. The summed E-state index contributed by atoms with van der Waals surface area (Å²) in [5, 5.41) is 4.52. The maximum Gasteiger partial charge on any atom is 0.111 e. The molecule has 2 aromatic carbocycles. The number of anilines is 1. The van der Waals surface area contributed by atoms with E-state index in [4.69, 9.17) is 5.73 Å². The van der Waals surface area contributed by atoms with Crippen molar-refractivity contribution in [1.82, 2.24) is 10.3 Å². The average Bonchev–Trinajstić information content (AvgIpc) is 2.87. The molecule has 1 aromatic heterocycles. The van der Waals surface area contributed by atoms with Gasteiger partial charge in [-0.05, 0) is 44.4 Å². The minimum atomic E-state index is 0.715. The summed E-state index contributed by atoms with van der Waals surface area (Å²) in [6.07, 6.45) is 0.891. The summed E-state index contributed by atoms with van der Waals surface area (Å²) >= 11 is 0. The van der Waals surface area contributed by atoms with Crippen molar-refractivity contribution < 1.29 is 0 Å². The van der Waals surface area contributed by atoms with E-state index in [1.165, 1.54) is 27.6 Å². The summed E-state index contributed by atoms with van der Waals surface area (Å²) in [5.41, 5.74) is 14.7. The highest BCUT2D eigenvalue weighted by Crippen LogP contribution is 2.34. The Balaban J connectivity index is 2.18. The summed E-state index contributed by atoms with van der Waals surface area (Å²) in [6.45, 7) is 6.32. The second-order valence-electron chi connectivity index (χ2n) is 6.54. The zero-order valence-corrected chi connectivity index (χ0v) is 14.8. The zero-order chi connectivity index (χ0) is 17.3. The third kappa shape index (κ3) is 2.90. The molecule has 0 aliphatic carbocycles. The number of allylic oxidation sites excluding steroid dienone is 1. The SMILES string of the molecule is CNC(=C(C)C)c1c(N)[nH]c2cccc(Cc3ccc(C)cc3)c12. The van der Waals surface area contributed by atoms with Crippen molar-refractivity contribution in [2.45, 2.75) is 27.2 Å². The molecule has 3 aromatic rings. The Kier molecular flexibility index (Phi) is 4.34. The third-order valence-corrected chi connectivity index (χ3v) is 4.45. The number of hydrogen-bond acceptors (Lipinski definition) is 2. The predicted molar refractivity (Wildman–Crippen MR) is 104 cm³/mol. The number of rotatable bonds is 4. The first-order chi connectivity index (χ1) is 11.5. The van der Waals surface area contributed by atoms with Crippen LogP contribution in [0.25, 0.3) is 16.6 Å². The predicted octanol–water partition coefficient (Wildman–Crippen LogP) is 4.62. The molecule has 0 bridgehead atoms. The minimum absolute atomic E-state index is 0.715. The van der Waals surface area contributed by atoms with Gasteiger partial charge in [-0.15, -0.1) is 0 Å². The first-order valence-electron chi connectivity index (χ1n) is 8.31. The van der Waals surface area contributed by atoms with Gasteiger partial charge >= 0.3 is 0 Å². The lowest BCUT2D eigenvalue weighted by Crippen LogP contribution is -2.08. The Morgan fingerprint density at radius 1 is 1.08 bits per heavy atom. The number of nitrogen functional groups attached to an aromatic ring is 1.